The van der Waals surface area contributed by atoms with Crippen LogP contribution in [0.3, 0.4) is 0 Å². The number of aromatic nitrogens is 2. The number of hydrogen-bond acceptors (Lipinski definition) is 5. The summed E-state index contributed by atoms with van der Waals surface area (Å²) in [6.07, 6.45) is 11.0. The maximum Gasteiger partial charge on any atom is 0.310 e. The maximum absolute atomic E-state index is 11.5. The quantitative estimate of drug-likeness (QED) is 0.244. The van der Waals surface area contributed by atoms with Gasteiger partial charge in [0.25, 0.3) is 0 Å². The minimum atomic E-state index is -0.371. The fraction of sp³-hybridized carbons (Fsp3) is 0.444. The van der Waals surface area contributed by atoms with Crippen LogP contribution in [0.15, 0.2) is 54.6 Å². The Balaban J connectivity index is 0.000000798. The molecule has 2 N–H and O–H groups in total. The lowest BCUT2D eigenvalue weighted by molar-refractivity contribution is -0.142. The van der Waals surface area contributed by atoms with Gasteiger partial charge in [-0.2, -0.15) is 5.10 Å². The maximum atomic E-state index is 11.5. The number of nitrogens with one attached hydrogen (secondary N) is 2. The molecule has 0 unspecified atom stereocenters. The van der Waals surface area contributed by atoms with Crippen molar-refractivity contribution < 1.29 is 18.7 Å². The van der Waals surface area contributed by atoms with Gasteiger partial charge in [0.1, 0.15) is 12.5 Å². The third-order valence-electron chi connectivity index (χ3n) is 4.45. The van der Waals surface area contributed by atoms with E-state index in [9.17, 15) is 14.0 Å². The Hall–Kier alpha value is -3.42. The monoisotopic (exact) mass is 488 g/mol. The zero-order valence-corrected chi connectivity index (χ0v) is 21.7. The lowest BCUT2D eigenvalue weighted by atomic mass is 10.1. The van der Waals surface area contributed by atoms with Crippen LogP contribution in [0.5, 0.6) is 0 Å². The SMILES string of the molecule is C/C=C\C=C/CF.CCCCc1cc(NC)n(-c2ccc(CC(=O)OCC)cc2)n1.CCNC=O. The smallest absolute Gasteiger partial charge is 0.310 e. The minimum absolute atomic E-state index is 0.197. The van der Waals surface area contributed by atoms with Gasteiger partial charge in [-0.05, 0) is 51.3 Å². The Kier molecular flexibility index (Phi) is 19.1. The molecule has 0 saturated carbocycles. The van der Waals surface area contributed by atoms with Crippen LogP contribution in [-0.2, 0) is 27.2 Å². The van der Waals surface area contributed by atoms with Gasteiger partial charge in [-0.25, -0.2) is 9.07 Å². The van der Waals surface area contributed by atoms with E-state index in [4.69, 9.17) is 4.74 Å². The fourth-order valence-corrected chi connectivity index (χ4v) is 2.74. The third-order valence-corrected chi connectivity index (χ3v) is 4.45. The Bertz CT molecular complexity index is 877. The molecule has 0 aliphatic carbocycles. The number of alkyl halides is 1. The zero-order chi connectivity index (χ0) is 26.3. The predicted octanol–water partition coefficient (Wildman–Crippen LogP) is 5.20. The van der Waals surface area contributed by atoms with E-state index in [1.54, 1.807) is 12.2 Å². The fourth-order valence-electron chi connectivity index (χ4n) is 2.74. The second kappa shape index (κ2) is 21.1. The number of allylic oxidation sites excluding steroid dienone is 4. The molecule has 0 aliphatic rings. The summed E-state index contributed by atoms with van der Waals surface area (Å²) in [6.45, 7) is 8.52. The second-order valence-electron chi connectivity index (χ2n) is 7.22. The summed E-state index contributed by atoms with van der Waals surface area (Å²) >= 11 is 0. The van der Waals surface area contributed by atoms with Crippen molar-refractivity contribution in [2.45, 2.75) is 53.4 Å². The lowest BCUT2D eigenvalue weighted by Gasteiger charge is -2.08. The highest BCUT2D eigenvalue weighted by Gasteiger charge is 2.09. The molecular formula is C27H41FN4O3. The standard InChI is InChI=1S/C18H25N3O2.C6H9F.C3H7NO/c1-4-6-7-15-13-17(19-3)21(20-15)16-10-8-14(9-11-16)12-18(22)23-5-2;1-2-3-4-5-6-7;1-2-4-3-5/h8-11,13,19H,4-7,12H2,1-3H3;2-5H,6H2,1H3;3H,2H2,1H3,(H,4,5)/b;3-2-,5-4-;. The minimum Gasteiger partial charge on any atom is -0.466 e. The number of anilines is 1. The number of amides is 1. The zero-order valence-electron chi connectivity index (χ0n) is 21.7. The number of halogens is 1. The highest BCUT2D eigenvalue weighted by molar-refractivity contribution is 5.72. The summed E-state index contributed by atoms with van der Waals surface area (Å²) in [4.78, 5) is 20.8. The topological polar surface area (TPSA) is 85.2 Å². The van der Waals surface area contributed by atoms with Crippen molar-refractivity contribution >= 4 is 18.2 Å². The van der Waals surface area contributed by atoms with Crippen molar-refractivity contribution in [1.82, 2.24) is 15.1 Å². The Morgan fingerprint density at radius 2 is 1.89 bits per heavy atom. The number of benzene rings is 1. The van der Waals surface area contributed by atoms with Gasteiger partial charge in [0.15, 0.2) is 0 Å². The van der Waals surface area contributed by atoms with Crippen LogP contribution < -0.4 is 10.6 Å². The molecule has 0 aliphatic heterocycles. The van der Waals surface area contributed by atoms with Crippen LogP contribution in [0, 0.1) is 0 Å². The van der Waals surface area contributed by atoms with Crippen molar-refractivity contribution in [3.8, 4) is 5.69 Å². The molecule has 1 aromatic heterocycles. The highest BCUT2D eigenvalue weighted by atomic mass is 19.1. The number of nitrogens with zero attached hydrogens (tertiary/aromatic N) is 2. The van der Waals surface area contributed by atoms with Gasteiger partial charge in [-0.3, -0.25) is 9.59 Å². The average molecular weight is 489 g/mol. The molecular weight excluding hydrogens is 447 g/mol. The number of carbonyl (C=O) groups excluding carboxylic acids is 2. The molecule has 0 fully saturated rings. The first-order valence-electron chi connectivity index (χ1n) is 12.0. The Labute approximate surface area is 209 Å². The van der Waals surface area contributed by atoms with Gasteiger partial charge in [-0.1, -0.05) is 49.8 Å². The summed E-state index contributed by atoms with van der Waals surface area (Å²) in [5.41, 5.74) is 3.01. The number of hydrogen-bond donors (Lipinski definition) is 2. The van der Waals surface area contributed by atoms with Gasteiger partial charge in [0, 0.05) is 19.7 Å². The van der Waals surface area contributed by atoms with Crippen LogP contribution in [0.4, 0.5) is 10.2 Å². The van der Waals surface area contributed by atoms with E-state index in [-0.39, 0.29) is 12.6 Å². The van der Waals surface area contributed by atoms with Gasteiger partial charge in [0.05, 0.1) is 24.4 Å². The van der Waals surface area contributed by atoms with Gasteiger partial charge in [0.2, 0.25) is 6.41 Å². The normalized spacial score (nSPS) is 10.2. The number of carbonyl (C=O) groups is 2. The average Bonchev–Trinajstić information content (AvgIpc) is 3.28. The molecule has 194 valence electrons. The first kappa shape index (κ1) is 31.6. The van der Waals surface area contributed by atoms with E-state index in [0.717, 1.165) is 48.6 Å². The molecule has 2 aromatic rings. The van der Waals surface area contributed by atoms with Gasteiger partial charge >= 0.3 is 5.97 Å². The summed E-state index contributed by atoms with van der Waals surface area (Å²) < 4.78 is 18.1. The Morgan fingerprint density at radius 1 is 1.17 bits per heavy atom. The lowest BCUT2D eigenvalue weighted by Crippen LogP contribution is -2.08. The van der Waals surface area contributed by atoms with Crippen molar-refractivity contribution in [1.29, 1.82) is 0 Å². The Morgan fingerprint density at radius 3 is 2.37 bits per heavy atom. The van der Waals surface area contributed by atoms with Crippen LogP contribution in [0.25, 0.3) is 5.69 Å². The summed E-state index contributed by atoms with van der Waals surface area (Å²) in [5, 5.41) is 10.3. The largest absolute Gasteiger partial charge is 0.466 e. The first-order chi connectivity index (χ1) is 17.0. The number of esters is 1. The van der Waals surface area contributed by atoms with Crippen molar-refractivity contribution in [2.75, 3.05) is 32.2 Å². The molecule has 0 atom stereocenters. The number of aryl methyl sites for hydroxylation is 1. The van der Waals surface area contributed by atoms with Crippen molar-refractivity contribution in [2.24, 2.45) is 0 Å². The molecule has 0 saturated heterocycles. The molecule has 2 rings (SSSR count). The van der Waals surface area contributed by atoms with E-state index in [2.05, 4.69) is 28.7 Å². The molecule has 0 bridgehead atoms. The van der Waals surface area contributed by atoms with Crippen LogP contribution in [0.1, 0.15) is 51.8 Å². The van der Waals surface area contributed by atoms with Gasteiger partial charge < -0.3 is 15.4 Å². The van der Waals surface area contributed by atoms with E-state index < -0.39 is 0 Å². The highest BCUT2D eigenvalue weighted by Crippen LogP contribution is 2.19. The van der Waals surface area contributed by atoms with Crippen LogP contribution in [0.2, 0.25) is 0 Å². The van der Waals surface area contributed by atoms with E-state index >= 15 is 0 Å². The molecule has 0 radical (unpaired) electrons. The predicted molar refractivity (Wildman–Crippen MR) is 142 cm³/mol. The molecule has 35 heavy (non-hydrogen) atoms. The van der Waals surface area contributed by atoms with E-state index in [1.807, 2.05) is 62.8 Å². The van der Waals surface area contributed by atoms with Crippen LogP contribution >= 0.6 is 0 Å². The molecule has 8 heteroatoms. The van der Waals surface area contributed by atoms with Gasteiger partial charge in [-0.15, -0.1) is 0 Å². The third kappa shape index (κ3) is 14.4. The second-order valence-corrected chi connectivity index (χ2v) is 7.22. The molecule has 7 nitrogen and oxygen atoms in total. The summed E-state index contributed by atoms with van der Waals surface area (Å²) in [7, 11) is 1.90. The molecule has 1 aromatic carbocycles. The van der Waals surface area contributed by atoms with E-state index in [1.165, 1.54) is 6.08 Å². The summed E-state index contributed by atoms with van der Waals surface area (Å²) in [5.74, 6) is 0.770. The van der Waals surface area contributed by atoms with Crippen LogP contribution in [-0.4, -0.2) is 49.0 Å². The summed E-state index contributed by atoms with van der Waals surface area (Å²) in [6, 6.07) is 9.93. The van der Waals surface area contributed by atoms with Crippen molar-refractivity contribution in [3.05, 3.63) is 65.9 Å². The number of rotatable bonds is 12. The van der Waals surface area contributed by atoms with E-state index in [0.29, 0.717) is 19.4 Å². The molecule has 1 heterocycles. The molecule has 1 amide bonds. The molecule has 0 spiro atoms. The number of unbranched alkanes of at least 4 members (excludes halogenated alkanes) is 1. The van der Waals surface area contributed by atoms with Crippen molar-refractivity contribution in [3.63, 3.8) is 0 Å². The number of ether oxygens (including phenoxy) is 1. The first-order valence-corrected chi connectivity index (χ1v) is 12.0.